The molecule has 2 atom stereocenters. The van der Waals surface area contributed by atoms with Crippen LogP contribution in [0.2, 0.25) is 0 Å². The first-order valence-electron chi connectivity index (χ1n) is 7.13. The molecule has 1 saturated heterocycles. The van der Waals surface area contributed by atoms with Gasteiger partial charge in [-0.2, -0.15) is 0 Å². The minimum absolute atomic E-state index is 0.0563. The van der Waals surface area contributed by atoms with Crippen molar-refractivity contribution in [3.63, 3.8) is 0 Å². The van der Waals surface area contributed by atoms with Crippen molar-refractivity contribution in [3.8, 4) is 11.3 Å². The van der Waals surface area contributed by atoms with Crippen molar-refractivity contribution in [2.75, 3.05) is 13.1 Å². The Hall–Kier alpha value is -1.66. The smallest absolute Gasteiger partial charge is 0.270 e. The highest BCUT2D eigenvalue weighted by atomic mass is 32.1. The minimum Gasteiger partial charge on any atom is -0.391 e. The second kappa shape index (κ2) is 5.61. The van der Waals surface area contributed by atoms with Gasteiger partial charge in [0, 0.05) is 30.2 Å². The molecule has 0 saturated carbocycles. The molecule has 1 amide bonds. The Morgan fingerprint density at radius 2 is 2.38 bits per heavy atom. The van der Waals surface area contributed by atoms with Gasteiger partial charge in [-0.25, -0.2) is 4.98 Å². The molecule has 0 aromatic carbocycles. The molecule has 0 spiro atoms. The Morgan fingerprint density at radius 3 is 3.05 bits per heavy atom. The molecule has 1 fully saturated rings. The Bertz CT molecular complexity index is 649. The third-order valence-electron chi connectivity index (χ3n) is 4.03. The van der Waals surface area contributed by atoms with Gasteiger partial charge in [0.05, 0.1) is 16.8 Å². The summed E-state index contributed by atoms with van der Waals surface area (Å²) in [6.07, 6.45) is 2.22. The summed E-state index contributed by atoms with van der Waals surface area (Å²) in [5.41, 5.74) is 2.37. The lowest BCUT2D eigenvalue weighted by Crippen LogP contribution is -2.45. The number of piperidine rings is 1. The molecule has 3 rings (SSSR count). The lowest BCUT2D eigenvalue weighted by atomic mass is 9.96. The van der Waals surface area contributed by atoms with Gasteiger partial charge < -0.3 is 15.0 Å². The number of aliphatic hydroxyl groups is 1. The first-order valence-corrected chi connectivity index (χ1v) is 8.01. The van der Waals surface area contributed by atoms with E-state index in [9.17, 15) is 9.90 Å². The summed E-state index contributed by atoms with van der Waals surface area (Å²) in [6, 6.07) is 1.83. The highest BCUT2D eigenvalue weighted by Gasteiger charge is 2.28. The van der Waals surface area contributed by atoms with Gasteiger partial charge in [0.1, 0.15) is 5.69 Å². The number of carbonyl (C=O) groups is 1. The largest absolute Gasteiger partial charge is 0.391 e. The van der Waals surface area contributed by atoms with E-state index in [-0.39, 0.29) is 11.8 Å². The zero-order valence-electron chi connectivity index (χ0n) is 12.2. The van der Waals surface area contributed by atoms with Gasteiger partial charge in [-0.1, -0.05) is 6.92 Å². The van der Waals surface area contributed by atoms with E-state index in [1.807, 2.05) is 31.5 Å². The molecule has 21 heavy (non-hydrogen) atoms. The van der Waals surface area contributed by atoms with E-state index < -0.39 is 6.10 Å². The molecule has 2 unspecified atom stereocenters. The van der Waals surface area contributed by atoms with Crippen molar-refractivity contribution >= 4 is 17.2 Å². The molecule has 0 aliphatic carbocycles. The molecule has 0 bridgehead atoms. The van der Waals surface area contributed by atoms with Gasteiger partial charge in [-0.15, -0.1) is 11.3 Å². The van der Waals surface area contributed by atoms with Crippen molar-refractivity contribution in [2.24, 2.45) is 5.92 Å². The predicted octanol–water partition coefficient (Wildman–Crippen LogP) is 2.29. The topological polar surface area (TPSA) is 69.2 Å². The molecule has 1 aliphatic heterocycles. The lowest BCUT2D eigenvalue weighted by Gasteiger charge is -2.34. The molecule has 2 aromatic rings. The number of aliphatic hydroxyl groups excluding tert-OH is 1. The average molecular weight is 305 g/mol. The number of amides is 1. The van der Waals surface area contributed by atoms with Crippen molar-refractivity contribution in [1.29, 1.82) is 0 Å². The summed E-state index contributed by atoms with van der Waals surface area (Å²) in [5, 5.41) is 12.9. The van der Waals surface area contributed by atoms with Gasteiger partial charge in [0.25, 0.3) is 5.91 Å². The van der Waals surface area contributed by atoms with E-state index in [1.165, 1.54) is 0 Å². The van der Waals surface area contributed by atoms with Crippen molar-refractivity contribution in [3.05, 3.63) is 28.3 Å². The van der Waals surface area contributed by atoms with Crippen LogP contribution >= 0.6 is 11.3 Å². The SMILES string of the molecule is Cc1nc(-c2c[nH]c(C(=O)N3CCC(C)C(O)C3)c2)cs1. The summed E-state index contributed by atoms with van der Waals surface area (Å²) in [4.78, 5) is 21.6. The van der Waals surface area contributed by atoms with Gasteiger partial charge in [0.15, 0.2) is 0 Å². The summed E-state index contributed by atoms with van der Waals surface area (Å²) in [5.74, 6) is 0.199. The van der Waals surface area contributed by atoms with Crippen molar-refractivity contribution < 1.29 is 9.90 Å². The number of carbonyl (C=O) groups excluding carboxylic acids is 1. The fraction of sp³-hybridized carbons (Fsp3) is 0.467. The second-order valence-corrected chi connectivity index (χ2v) is 6.70. The number of aromatic amines is 1. The molecule has 6 heteroatoms. The Balaban J connectivity index is 1.75. The highest BCUT2D eigenvalue weighted by molar-refractivity contribution is 7.09. The second-order valence-electron chi connectivity index (χ2n) is 5.64. The van der Waals surface area contributed by atoms with Gasteiger partial charge in [-0.05, 0) is 25.3 Å². The van der Waals surface area contributed by atoms with Crippen LogP contribution < -0.4 is 0 Å². The van der Waals surface area contributed by atoms with Crippen LogP contribution in [-0.2, 0) is 0 Å². The maximum absolute atomic E-state index is 12.5. The Labute approximate surface area is 127 Å². The van der Waals surface area contributed by atoms with Crippen molar-refractivity contribution in [1.82, 2.24) is 14.9 Å². The molecule has 2 aromatic heterocycles. The monoisotopic (exact) mass is 305 g/mol. The number of aryl methyl sites for hydroxylation is 1. The maximum atomic E-state index is 12.5. The third-order valence-corrected chi connectivity index (χ3v) is 4.81. The number of hydrogen-bond acceptors (Lipinski definition) is 4. The van der Waals surface area contributed by atoms with Gasteiger partial charge in [0.2, 0.25) is 0 Å². The minimum atomic E-state index is -0.432. The van der Waals surface area contributed by atoms with E-state index in [0.29, 0.717) is 18.8 Å². The zero-order chi connectivity index (χ0) is 15.0. The number of H-pyrrole nitrogens is 1. The van der Waals surface area contributed by atoms with E-state index in [4.69, 9.17) is 0 Å². The molecule has 112 valence electrons. The molecular weight excluding hydrogens is 286 g/mol. The van der Waals surface area contributed by atoms with Crippen molar-refractivity contribution in [2.45, 2.75) is 26.4 Å². The van der Waals surface area contributed by atoms with E-state index in [1.54, 1.807) is 16.2 Å². The predicted molar refractivity (Wildman–Crippen MR) is 82.3 cm³/mol. The summed E-state index contributed by atoms with van der Waals surface area (Å²) in [6.45, 7) is 5.08. The van der Waals surface area contributed by atoms with Crippen LogP contribution in [0.4, 0.5) is 0 Å². The standard InChI is InChI=1S/C15H19N3O2S/c1-9-3-4-18(7-14(9)19)15(20)12-5-11(6-16-12)13-8-21-10(2)17-13/h5-6,8-9,14,16,19H,3-4,7H2,1-2H3. The Kier molecular flexibility index (Phi) is 3.82. The number of nitrogens with zero attached hydrogens (tertiary/aromatic N) is 2. The van der Waals surface area contributed by atoms with Crippen LogP contribution in [0.15, 0.2) is 17.6 Å². The normalized spacial score (nSPS) is 22.5. The quantitative estimate of drug-likeness (QED) is 0.894. The van der Waals surface area contributed by atoms with Gasteiger partial charge in [-0.3, -0.25) is 4.79 Å². The molecular formula is C15H19N3O2S. The Morgan fingerprint density at radius 1 is 1.57 bits per heavy atom. The third kappa shape index (κ3) is 2.87. The number of hydrogen-bond donors (Lipinski definition) is 2. The first-order chi connectivity index (χ1) is 10.0. The molecule has 2 N–H and O–H groups in total. The fourth-order valence-electron chi connectivity index (χ4n) is 2.57. The zero-order valence-corrected chi connectivity index (χ0v) is 13.0. The van der Waals surface area contributed by atoms with Crippen LogP contribution in [0.3, 0.4) is 0 Å². The number of β-amino-alcohol motifs (C(OH)–C–C–N with tert-alkyl or cyclic N) is 1. The fourth-order valence-corrected chi connectivity index (χ4v) is 3.19. The number of nitrogens with one attached hydrogen (secondary N) is 1. The molecule has 3 heterocycles. The van der Waals surface area contributed by atoms with Crippen LogP contribution in [-0.4, -0.2) is 45.1 Å². The van der Waals surface area contributed by atoms with Crippen LogP contribution in [0.5, 0.6) is 0 Å². The average Bonchev–Trinajstić information content (AvgIpc) is 3.09. The van der Waals surface area contributed by atoms with Crippen LogP contribution in [0.1, 0.15) is 28.8 Å². The highest BCUT2D eigenvalue weighted by Crippen LogP contribution is 2.24. The number of aromatic nitrogens is 2. The van der Waals surface area contributed by atoms with E-state index in [2.05, 4.69) is 9.97 Å². The van der Waals surface area contributed by atoms with E-state index >= 15 is 0 Å². The molecule has 1 aliphatic rings. The number of likely N-dealkylation sites (tertiary alicyclic amines) is 1. The van der Waals surface area contributed by atoms with Crippen LogP contribution in [0.25, 0.3) is 11.3 Å². The van der Waals surface area contributed by atoms with E-state index in [0.717, 1.165) is 22.7 Å². The number of rotatable bonds is 2. The summed E-state index contributed by atoms with van der Waals surface area (Å²) < 4.78 is 0. The number of thiazole rings is 1. The molecule has 0 radical (unpaired) electrons. The lowest BCUT2D eigenvalue weighted by molar-refractivity contribution is 0.0245. The molecule has 5 nitrogen and oxygen atoms in total. The first kappa shape index (κ1) is 14.3. The van der Waals surface area contributed by atoms with Crippen LogP contribution in [0, 0.1) is 12.8 Å². The summed E-state index contributed by atoms with van der Waals surface area (Å²) >= 11 is 1.59. The maximum Gasteiger partial charge on any atom is 0.270 e. The summed E-state index contributed by atoms with van der Waals surface area (Å²) in [7, 11) is 0. The van der Waals surface area contributed by atoms with Gasteiger partial charge >= 0.3 is 0 Å².